The Balaban J connectivity index is 1.51. The third kappa shape index (κ3) is 3.59. The molecule has 1 aliphatic rings. The van der Waals surface area contributed by atoms with Crippen LogP contribution in [-0.2, 0) is 11.8 Å². The number of carbonyl (C=O) groups is 2. The smallest absolute Gasteiger partial charge is 0.317 e. The van der Waals surface area contributed by atoms with Crippen LogP contribution in [0.4, 0.5) is 10.5 Å². The highest BCUT2D eigenvalue weighted by molar-refractivity contribution is 7.10. The highest BCUT2D eigenvalue weighted by Crippen LogP contribution is 2.20. The van der Waals surface area contributed by atoms with E-state index in [4.69, 9.17) is 0 Å². The van der Waals surface area contributed by atoms with Gasteiger partial charge in [0.1, 0.15) is 6.54 Å². The molecule has 0 radical (unpaired) electrons. The summed E-state index contributed by atoms with van der Waals surface area (Å²) in [6.07, 6.45) is 3.46. The fourth-order valence-electron chi connectivity index (χ4n) is 2.69. The van der Waals surface area contributed by atoms with Gasteiger partial charge in [0.2, 0.25) is 5.91 Å². The maximum Gasteiger partial charge on any atom is 0.317 e. The van der Waals surface area contributed by atoms with Crippen LogP contribution in [0.1, 0.15) is 17.7 Å². The minimum Gasteiger partial charge on any atom is -0.337 e. The van der Waals surface area contributed by atoms with Crippen molar-refractivity contribution in [1.82, 2.24) is 20.0 Å². The minimum atomic E-state index is -0.183. The van der Waals surface area contributed by atoms with E-state index >= 15 is 0 Å². The summed E-state index contributed by atoms with van der Waals surface area (Å²) < 4.78 is 1.66. The van der Waals surface area contributed by atoms with Crippen LogP contribution in [0.3, 0.4) is 0 Å². The van der Waals surface area contributed by atoms with Crippen molar-refractivity contribution in [2.45, 2.75) is 12.8 Å². The summed E-state index contributed by atoms with van der Waals surface area (Å²) in [7, 11) is 1.81. The molecule has 128 valence electrons. The first kappa shape index (κ1) is 16.5. The van der Waals surface area contributed by atoms with E-state index in [-0.39, 0.29) is 24.4 Å². The first-order valence-corrected chi connectivity index (χ1v) is 8.77. The van der Waals surface area contributed by atoms with Gasteiger partial charge in [-0.2, -0.15) is 5.10 Å². The molecular weight excluding hydrogens is 326 g/mol. The number of hydrogen-bond acceptors (Lipinski definition) is 4. The van der Waals surface area contributed by atoms with E-state index in [9.17, 15) is 9.59 Å². The van der Waals surface area contributed by atoms with Crippen molar-refractivity contribution >= 4 is 29.0 Å². The molecule has 0 bridgehead atoms. The monoisotopic (exact) mass is 347 g/mol. The molecule has 3 amide bonds. The zero-order valence-electron chi connectivity index (χ0n) is 13.8. The van der Waals surface area contributed by atoms with Gasteiger partial charge in [-0.25, -0.2) is 4.79 Å². The number of carbonyl (C=O) groups excluding carboxylic acids is 2. The van der Waals surface area contributed by atoms with Gasteiger partial charge in [-0.1, -0.05) is 13.0 Å². The molecule has 2 aromatic rings. The van der Waals surface area contributed by atoms with Crippen LogP contribution in [0.25, 0.3) is 0 Å². The Labute approximate surface area is 144 Å². The molecule has 8 heteroatoms. The van der Waals surface area contributed by atoms with Crippen molar-refractivity contribution in [3.63, 3.8) is 0 Å². The quantitative estimate of drug-likeness (QED) is 0.914. The number of aryl methyl sites for hydroxylation is 1. The minimum absolute atomic E-state index is 0.0873. The van der Waals surface area contributed by atoms with E-state index in [0.29, 0.717) is 19.6 Å². The molecule has 1 aliphatic heterocycles. The summed E-state index contributed by atoms with van der Waals surface area (Å²) in [5.74, 6) is 0.178. The van der Waals surface area contributed by atoms with Gasteiger partial charge in [0.15, 0.2) is 0 Å². The Hall–Kier alpha value is -2.35. The molecule has 1 fully saturated rings. The van der Waals surface area contributed by atoms with Gasteiger partial charge in [-0.3, -0.25) is 9.48 Å². The van der Waals surface area contributed by atoms with Gasteiger partial charge in [-0.15, -0.1) is 11.3 Å². The molecule has 0 spiro atoms. The average Bonchev–Trinajstić information content (AvgIpc) is 3.23. The Kier molecular flexibility index (Phi) is 4.84. The highest BCUT2D eigenvalue weighted by Gasteiger charge is 2.28. The van der Waals surface area contributed by atoms with Crippen molar-refractivity contribution in [1.29, 1.82) is 0 Å². The number of urea groups is 1. The van der Waals surface area contributed by atoms with E-state index in [0.717, 1.165) is 5.69 Å². The van der Waals surface area contributed by atoms with E-state index in [1.165, 1.54) is 4.88 Å². The number of nitrogens with one attached hydrogen (secondary N) is 1. The first-order valence-electron chi connectivity index (χ1n) is 7.90. The summed E-state index contributed by atoms with van der Waals surface area (Å²) in [5, 5.41) is 9.04. The second kappa shape index (κ2) is 7.04. The number of nitrogens with zero attached hydrogens (tertiary/aromatic N) is 4. The molecule has 0 saturated carbocycles. The standard InChI is InChI=1S/C16H21N5O2S/c1-12(14-4-3-7-24-14)8-17-16(23)20-5-6-21(15(22)11-20)13-9-18-19(2)10-13/h3-4,7,9-10,12H,5-6,8,11H2,1-2H3,(H,17,23)/t12-/m1/s1. The van der Waals surface area contributed by atoms with Crippen LogP contribution in [0.2, 0.25) is 0 Å². The zero-order chi connectivity index (χ0) is 17.1. The summed E-state index contributed by atoms with van der Waals surface area (Å²) >= 11 is 1.68. The number of amides is 3. The lowest BCUT2D eigenvalue weighted by atomic mass is 10.1. The summed E-state index contributed by atoms with van der Waals surface area (Å²) in [6.45, 7) is 3.74. The lowest BCUT2D eigenvalue weighted by molar-refractivity contribution is -0.120. The van der Waals surface area contributed by atoms with Crippen LogP contribution in [-0.4, -0.2) is 52.8 Å². The molecule has 1 saturated heterocycles. The normalized spacial score (nSPS) is 16.3. The number of piperazine rings is 1. The van der Waals surface area contributed by atoms with Gasteiger partial charge in [-0.05, 0) is 11.4 Å². The largest absolute Gasteiger partial charge is 0.337 e. The van der Waals surface area contributed by atoms with Crippen LogP contribution < -0.4 is 10.2 Å². The fraction of sp³-hybridized carbons (Fsp3) is 0.438. The predicted molar refractivity (Wildman–Crippen MR) is 93.3 cm³/mol. The van der Waals surface area contributed by atoms with Crippen LogP contribution >= 0.6 is 11.3 Å². The molecule has 3 rings (SSSR count). The lowest BCUT2D eigenvalue weighted by Crippen LogP contribution is -2.55. The second-order valence-corrected chi connectivity index (χ2v) is 6.92. The van der Waals surface area contributed by atoms with Crippen molar-refractivity contribution in [3.8, 4) is 0 Å². The van der Waals surface area contributed by atoms with Gasteiger partial charge >= 0.3 is 6.03 Å². The predicted octanol–water partition coefficient (Wildman–Crippen LogP) is 1.64. The molecule has 0 unspecified atom stereocenters. The number of thiophene rings is 1. The summed E-state index contributed by atoms with van der Waals surface area (Å²) in [5.41, 5.74) is 0.772. The molecule has 2 aromatic heterocycles. The lowest BCUT2D eigenvalue weighted by Gasteiger charge is -2.33. The number of hydrogen-bond donors (Lipinski definition) is 1. The maximum atomic E-state index is 12.3. The van der Waals surface area contributed by atoms with E-state index in [2.05, 4.69) is 23.4 Å². The molecule has 0 aromatic carbocycles. The van der Waals surface area contributed by atoms with E-state index < -0.39 is 0 Å². The Morgan fingerprint density at radius 1 is 1.46 bits per heavy atom. The Bertz CT molecular complexity index is 712. The summed E-state index contributed by atoms with van der Waals surface area (Å²) in [4.78, 5) is 29.1. The Morgan fingerprint density at radius 2 is 2.29 bits per heavy atom. The third-order valence-electron chi connectivity index (χ3n) is 4.10. The number of anilines is 1. The topological polar surface area (TPSA) is 70.5 Å². The van der Waals surface area contributed by atoms with E-state index in [1.54, 1.807) is 38.2 Å². The molecular formula is C16H21N5O2S. The van der Waals surface area contributed by atoms with Crippen LogP contribution in [0.5, 0.6) is 0 Å². The van der Waals surface area contributed by atoms with Gasteiger partial charge in [0.05, 0.1) is 11.9 Å². The van der Waals surface area contributed by atoms with Crippen LogP contribution in [0.15, 0.2) is 29.9 Å². The third-order valence-corrected chi connectivity index (χ3v) is 5.20. The zero-order valence-corrected chi connectivity index (χ0v) is 14.6. The van der Waals surface area contributed by atoms with E-state index in [1.807, 2.05) is 18.5 Å². The maximum absolute atomic E-state index is 12.3. The molecule has 3 heterocycles. The average molecular weight is 347 g/mol. The van der Waals surface area contributed by atoms with Crippen molar-refractivity contribution in [3.05, 3.63) is 34.8 Å². The molecule has 24 heavy (non-hydrogen) atoms. The second-order valence-electron chi connectivity index (χ2n) is 5.94. The highest BCUT2D eigenvalue weighted by atomic mass is 32.1. The van der Waals surface area contributed by atoms with Crippen molar-refractivity contribution < 1.29 is 9.59 Å². The van der Waals surface area contributed by atoms with Gasteiger partial charge in [0.25, 0.3) is 0 Å². The van der Waals surface area contributed by atoms with Crippen molar-refractivity contribution in [2.24, 2.45) is 7.05 Å². The Morgan fingerprint density at radius 3 is 2.92 bits per heavy atom. The molecule has 0 aliphatic carbocycles. The first-order chi connectivity index (χ1) is 11.5. The SMILES string of the molecule is C[C@H](CNC(=O)N1CCN(c2cnn(C)c2)C(=O)C1)c1cccs1. The van der Waals surface area contributed by atoms with Crippen LogP contribution in [0, 0.1) is 0 Å². The summed E-state index contributed by atoms with van der Waals surface area (Å²) in [6, 6.07) is 3.89. The fourth-order valence-corrected chi connectivity index (χ4v) is 3.48. The molecule has 1 N–H and O–H groups in total. The molecule has 1 atom stereocenters. The molecule has 7 nitrogen and oxygen atoms in total. The van der Waals surface area contributed by atoms with Gasteiger partial charge in [0, 0.05) is 43.7 Å². The number of aromatic nitrogens is 2. The number of rotatable bonds is 4. The van der Waals surface area contributed by atoms with Crippen molar-refractivity contribution in [2.75, 3.05) is 31.1 Å². The van der Waals surface area contributed by atoms with Gasteiger partial charge < -0.3 is 15.1 Å².